The maximum Gasteiger partial charge on any atom is 0.227 e. The van der Waals surface area contributed by atoms with Gasteiger partial charge < -0.3 is 13.3 Å². The van der Waals surface area contributed by atoms with Gasteiger partial charge in [0.25, 0.3) is 0 Å². The average Bonchev–Trinajstić information content (AvgIpc) is 3.90. The van der Waals surface area contributed by atoms with Gasteiger partial charge in [0.1, 0.15) is 27.8 Å². The van der Waals surface area contributed by atoms with Crippen LogP contribution in [-0.4, -0.2) is 4.98 Å². The number of aromatic nitrogens is 1. The molecule has 0 fully saturated rings. The van der Waals surface area contributed by atoms with Gasteiger partial charge in [-0.05, 0) is 86.3 Å². The molecule has 0 aliphatic heterocycles. The Balaban J connectivity index is 1.22. The molecule has 4 heteroatoms. The predicted octanol–water partition coefficient (Wildman–Crippen LogP) is 13.8. The number of para-hydroxylation sites is 4. The first-order valence-corrected chi connectivity index (χ1v) is 17.6. The molecule has 3 heterocycles. The van der Waals surface area contributed by atoms with Crippen molar-refractivity contribution in [1.29, 1.82) is 0 Å². The molecule has 9 aromatic carbocycles. The molecule has 12 aromatic rings. The third-order valence-corrected chi connectivity index (χ3v) is 10.9. The van der Waals surface area contributed by atoms with Crippen molar-refractivity contribution in [2.45, 2.75) is 6.92 Å². The number of furan rings is 2. The van der Waals surface area contributed by atoms with Crippen molar-refractivity contribution in [3.8, 4) is 33.7 Å². The summed E-state index contributed by atoms with van der Waals surface area (Å²) in [6.45, 7) is 2.08. The van der Waals surface area contributed by atoms with Crippen molar-refractivity contribution >= 4 is 87.3 Å². The largest absolute Gasteiger partial charge is 0.455 e. The first kappa shape index (κ1) is 27.9. The molecule has 0 amide bonds. The molecular formula is C48H27NO3. The van der Waals surface area contributed by atoms with Crippen molar-refractivity contribution in [1.82, 2.24) is 4.98 Å². The van der Waals surface area contributed by atoms with Crippen molar-refractivity contribution < 1.29 is 13.3 Å². The topological polar surface area (TPSA) is 52.3 Å². The summed E-state index contributed by atoms with van der Waals surface area (Å²) < 4.78 is 19.7. The van der Waals surface area contributed by atoms with Gasteiger partial charge in [0.05, 0.1) is 0 Å². The molecule has 0 spiro atoms. The average molecular weight is 666 g/mol. The van der Waals surface area contributed by atoms with Crippen molar-refractivity contribution in [2.75, 3.05) is 0 Å². The lowest BCUT2D eigenvalue weighted by Gasteiger charge is -2.18. The quantitative estimate of drug-likeness (QED) is 0.176. The molecule has 0 aliphatic carbocycles. The van der Waals surface area contributed by atoms with Crippen LogP contribution < -0.4 is 0 Å². The van der Waals surface area contributed by atoms with Crippen LogP contribution in [0.25, 0.3) is 121 Å². The zero-order valence-corrected chi connectivity index (χ0v) is 28.0. The number of hydrogen-bond acceptors (Lipinski definition) is 4. The van der Waals surface area contributed by atoms with E-state index in [9.17, 15) is 0 Å². The number of nitrogens with zero attached hydrogens (tertiary/aromatic N) is 1. The molecule has 0 aliphatic rings. The van der Waals surface area contributed by atoms with Gasteiger partial charge in [0.15, 0.2) is 5.58 Å². The summed E-state index contributed by atoms with van der Waals surface area (Å²) in [5, 5.41) is 11.4. The second-order valence-corrected chi connectivity index (χ2v) is 13.9. The Morgan fingerprint density at radius 2 is 0.981 bits per heavy atom. The van der Waals surface area contributed by atoms with E-state index in [2.05, 4.69) is 122 Å². The molecular weight excluding hydrogens is 639 g/mol. The molecule has 0 unspecified atom stereocenters. The lowest BCUT2D eigenvalue weighted by Crippen LogP contribution is -1.93. The smallest absolute Gasteiger partial charge is 0.227 e. The normalized spacial score (nSPS) is 12.3. The number of oxazole rings is 1. The third-order valence-electron chi connectivity index (χ3n) is 10.9. The summed E-state index contributed by atoms with van der Waals surface area (Å²) in [6, 6.07) is 51.4. The fraction of sp³-hybridized carbons (Fsp3) is 0.0208. The number of fused-ring (bicyclic) bond motifs is 7. The number of aryl methyl sites for hydroxylation is 1. The lowest BCUT2D eigenvalue weighted by atomic mass is 9.85. The fourth-order valence-electron chi connectivity index (χ4n) is 8.60. The van der Waals surface area contributed by atoms with Crippen LogP contribution in [0.5, 0.6) is 0 Å². The van der Waals surface area contributed by atoms with Crippen LogP contribution in [0.2, 0.25) is 0 Å². The minimum atomic E-state index is 0.601. The highest BCUT2D eigenvalue weighted by Crippen LogP contribution is 2.48. The van der Waals surface area contributed by atoms with E-state index >= 15 is 0 Å². The molecule has 0 bridgehead atoms. The number of rotatable bonds is 3. The molecule has 0 saturated carbocycles. The van der Waals surface area contributed by atoms with Crippen LogP contribution in [0, 0.1) is 6.92 Å². The summed E-state index contributed by atoms with van der Waals surface area (Å²) >= 11 is 0. The van der Waals surface area contributed by atoms with Gasteiger partial charge in [-0.2, -0.15) is 0 Å². The summed E-state index contributed by atoms with van der Waals surface area (Å²) in [4.78, 5) is 5.08. The van der Waals surface area contributed by atoms with Crippen LogP contribution >= 0.6 is 0 Å². The van der Waals surface area contributed by atoms with E-state index in [1.165, 1.54) is 21.5 Å². The second-order valence-electron chi connectivity index (χ2n) is 13.9. The lowest BCUT2D eigenvalue weighted by molar-refractivity contribution is 0.620. The number of hydrogen-bond donors (Lipinski definition) is 0. The summed E-state index contributed by atoms with van der Waals surface area (Å²) in [5.74, 6) is 0.601. The first-order chi connectivity index (χ1) is 25.7. The van der Waals surface area contributed by atoms with Crippen molar-refractivity contribution in [3.05, 3.63) is 151 Å². The van der Waals surface area contributed by atoms with Gasteiger partial charge in [-0.1, -0.05) is 115 Å². The highest BCUT2D eigenvalue weighted by Gasteiger charge is 2.23. The predicted molar refractivity (Wildman–Crippen MR) is 213 cm³/mol. The second kappa shape index (κ2) is 10.1. The summed E-state index contributed by atoms with van der Waals surface area (Å²) in [5.41, 5.74) is 11.6. The third kappa shape index (κ3) is 3.73. The van der Waals surface area contributed by atoms with Crippen LogP contribution in [0.1, 0.15) is 5.56 Å². The SMILES string of the molecule is Cc1ccc2oc(-c3cc(-c4cccc5c4oc4ccccc45)c4ccc5ccc(-c6cccc7c6oc6ccccc67)c6ccc3c4c56)nc2c1. The Labute approximate surface area is 296 Å². The summed E-state index contributed by atoms with van der Waals surface area (Å²) in [6.07, 6.45) is 0. The zero-order valence-electron chi connectivity index (χ0n) is 28.0. The monoisotopic (exact) mass is 665 g/mol. The van der Waals surface area contributed by atoms with E-state index in [0.717, 1.165) is 99.1 Å². The van der Waals surface area contributed by atoms with E-state index < -0.39 is 0 Å². The molecule has 242 valence electrons. The van der Waals surface area contributed by atoms with Crippen molar-refractivity contribution in [2.24, 2.45) is 0 Å². The highest BCUT2D eigenvalue weighted by molar-refractivity contribution is 6.31. The molecule has 0 saturated heterocycles. The van der Waals surface area contributed by atoms with E-state index in [-0.39, 0.29) is 0 Å². The van der Waals surface area contributed by atoms with Crippen LogP contribution in [0.3, 0.4) is 0 Å². The Morgan fingerprint density at radius 1 is 0.385 bits per heavy atom. The highest BCUT2D eigenvalue weighted by atomic mass is 16.3. The Morgan fingerprint density at radius 3 is 1.71 bits per heavy atom. The molecule has 0 N–H and O–H groups in total. The van der Waals surface area contributed by atoms with Gasteiger partial charge in [0, 0.05) is 38.2 Å². The Kier molecular flexibility index (Phi) is 5.40. The molecule has 0 atom stereocenters. The zero-order chi connectivity index (χ0) is 34.1. The molecule has 12 rings (SSSR count). The van der Waals surface area contributed by atoms with E-state index in [0.29, 0.717) is 5.89 Å². The van der Waals surface area contributed by atoms with Crippen molar-refractivity contribution in [3.63, 3.8) is 0 Å². The van der Waals surface area contributed by atoms with Gasteiger partial charge in [-0.25, -0.2) is 4.98 Å². The number of benzene rings is 9. The molecule has 52 heavy (non-hydrogen) atoms. The fourth-order valence-corrected chi connectivity index (χ4v) is 8.60. The Bertz CT molecular complexity index is 3430. The van der Waals surface area contributed by atoms with Crippen LogP contribution in [-0.2, 0) is 0 Å². The minimum absolute atomic E-state index is 0.601. The Hall–Kier alpha value is -6.91. The maximum atomic E-state index is 6.63. The minimum Gasteiger partial charge on any atom is -0.455 e. The maximum absolute atomic E-state index is 6.63. The molecule has 0 radical (unpaired) electrons. The van der Waals surface area contributed by atoms with Gasteiger partial charge in [-0.3, -0.25) is 0 Å². The molecule has 3 aromatic heterocycles. The first-order valence-electron chi connectivity index (χ1n) is 17.6. The van der Waals surface area contributed by atoms with Gasteiger partial charge in [-0.15, -0.1) is 0 Å². The van der Waals surface area contributed by atoms with Crippen LogP contribution in [0.15, 0.2) is 159 Å². The van der Waals surface area contributed by atoms with E-state index in [1.54, 1.807) is 0 Å². The van der Waals surface area contributed by atoms with Gasteiger partial charge >= 0.3 is 0 Å². The van der Waals surface area contributed by atoms with E-state index in [4.69, 9.17) is 18.2 Å². The van der Waals surface area contributed by atoms with E-state index in [1.807, 2.05) is 30.3 Å². The standard InChI is InChI=1S/C48H27NO3/c1-26-16-23-43-40(24-26)49-48(52-43)39-25-38(37-13-7-12-36-30-9-3-5-15-42(30)51-47(36)37)32-20-18-27-17-19-28(31-21-22-33(39)45(32)44(27)31)34-10-6-11-35-29-8-2-4-14-41(29)50-46(34)35/h2-25H,1H3. The van der Waals surface area contributed by atoms with Crippen LogP contribution in [0.4, 0.5) is 0 Å². The molecule has 4 nitrogen and oxygen atoms in total. The van der Waals surface area contributed by atoms with Gasteiger partial charge in [0.2, 0.25) is 5.89 Å². The summed E-state index contributed by atoms with van der Waals surface area (Å²) in [7, 11) is 0.